The van der Waals surface area contributed by atoms with Crippen LogP contribution in [-0.2, 0) is 9.53 Å². The van der Waals surface area contributed by atoms with Crippen LogP contribution in [0, 0.1) is 0 Å². The van der Waals surface area contributed by atoms with Crippen LogP contribution in [0.25, 0.3) is 0 Å². The fraction of sp³-hybridized carbons (Fsp3) is 0.417. The summed E-state index contributed by atoms with van der Waals surface area (Å²) < 4.78 is 4.56. The van der Waals surface area contributed by atoms with Gasteiger partial charge in [-0.15, -0.1) is 0 Å². The van der Waals surface area contributed by atoms with E-state index in [1.54, 1.807) is 6.07 Å². The molecule has 0 atom stereocenters. The Balaban J connectivity index is 2.19. The monoisotopic (exact) mass is 250 g/mol. The minimum atomic E-state index is -0.908. The van der Waals surface area contributed by atoms with Gasteiger partial charge in [0.2, 0.25) is 0 Å². The zero-order chi connectivity index (χ0) is 13.2. The maximum absolute atomic E-state index is 11.3. The molecule has 0 amide bonds. The molecule has 0 aliphatic heterocycles. The average Bonchev–Trinajstić information content (AvgIpc) is 2.32. The normalized spacial score (nSPS) is 16.5. The predicted molar refractivity (Wildman–Crippen MR) is 63.4 cm³/mol. The first-order valence-corrected chi connectivity index (χ1v) is 5.63. The number of hydrogen-bond donors (Lipinski definition) is 2. The first kappa shape index (κ1) is 12.3. The second-order valence-electron chi connectivity index (χ2n) is 4.29. The first-order valence-electron chi connectivity index (χ1n) is 5.63. The Kier molecular flexibility index (Phi) is 3.18. The molecule has 6 nitrogen and oxygen atoms in total. The maximum atomic E-state index is 11.3. The van der Waals surface area contributed by atoms with Gasteiger partial charge in [0, 0.05) is 11.9 Å². The summed E-state index contributed by atoms with van der Waals surface area (Å²) in [5, 5.41) is 12.2. The molecule has 1 saturated carbocycles. The number of carbonyl (C=O) groups is 2. The van der Waals surface area contributed by atoms with Crippen LogP contribution in [-0.4, -0.2) is 34.7 Å². The average molecular weight is 250 g/mol. The summed E-state index contributed by atoms with van der Waals surface area (Å²) in [6, 6.07) is 3.13. The number of methoxy groups -OCH3 is 1. The van der Waals surface area contributed by atoms with Gasteiger partial charge in [0.05, 0.1) is 7.11 Å². The van der Waals surface area contributed by atoms with E-state index in [4.69, 9.17) is 0 Å². The van der Waals surface area contributed by atoms with Crippen LogP contribution in [0.15, 0.2) is 18.3 Å². The third kappa shape index (κ3) is 2.13. The summed E-state index contributed by atoms with van der Waals surface area (Å²) in [7, 11) is 1.27. The zero-order valence-electron chi connectivity index (χ0n) is 9.97. The summed E-state index contributed by atoms with van der Waals surface area (Å²) in [5.74, 6) is -1.41. The van der Waals surface area contributed by atoms with Crippen molar-refractivity contribution in [2.45, 2.75) is 24.8 Å². The second kappa shape index (κ2) is 4.64. The summed E-state index contributed by atoms with van der Waals surface area (Å²) in [6.07, 6.45) is 3.49. The Bertz CT molecular complexity index is 483. The number of ether oxygens (including phenoxy) is 1. The Morgan fingerprint density at radius 1 is 1.50 bits per heavy atom. The quantitative estimate of drug-likeness (QED) is 0.783. The highest BCUT2D eigenvalue weighted by Gasteiger charge is 2.44. The van der Waals surface area contributed by atoms with Crippen molar-refractivity contribution < 1.29 is 19.4 Å². The molecule has 18 heavy (non-hydrogen) atoms. The molecule has 1 aromatic rings. The largest absolute Gasteiger partial charge is 0.480 e. The van der Waals surface area contributed by atoms with Crippen LogP contribution in [0.1, 0.15) is 29.8 Å². The number of aromatic nitrogens is 1. The third-order valence-electron chi connectivity index (χ3n) is 3.15. The van der Waals surface area contributed by atoms with Gasteiger partial charge in [0.1, 0.15) is 11.2 Å². The molecule has 0 spiro atoms. The number of anilines is 1. The molecule has 1 aliphatic carbocycles. The third-order valence-corrected chi connectivity index (χ3v) is 3.15. The van der Waals surface area contributed by atoms with E-state index >= 15 is 0 Å². The predicted octanol–water partition coefficient (Wildman–Crippen LogP) is 1.29. The van der Waals surface area contributed by atoms with E-state index in [9.17, 15) is 14.7 Å². The number of nitrogens with one attached hydrogen (secondary N) is 1. The van der Waals surface area contributed by atoms with E-state index in [1.165, 1.54) is 19.4 Å². The van der Waals surface area contributed by atoms with Gasteiger partial charge in [-0.25, -0.2) is 14.6 Å². The number of carboxylic acid groups (broad SMARTS) is 1. The number of rotatable bonds is 4. The van der Waals surface area contributed by atoms with Crippen LogP contribution in [0.2, 0.25) is 0 Å². The molecule has 0 bridgehead atoms. The molecule has 0 unspecified atom stereocenters. The summed E-state index contributed by atoms with van der Waals surface area (Å²) in [6.45, 7) is 0. The molecule has 1 aliphatic rings. The van der Waals surface area contributed by atoms with E-state index in [-0.39, 0.29) is 5.69 Å². The van der Waals surface area contributed by atoms with Crippen molar-refractivity contribution in [1.82, 2.24) is 4.98 Å². The van der Waals surface area contributed by atoms with Gasteiger partial charge in [-0.1, -0.05) is 0 Å². The van der Waals surface area contributed by atoms with E-state index in [2.05, 4.69) is 15.0 Å². The highest BCUT2D eigenvalue weighted by molar-refractivity contribution is 5.89. The van der Waals surface area contributed by atoms with Crippen molar-refractivity contribution >= 4 is 17.6 Å². The van der Waals surface area contributed by atoms with Gasteiger partial charge < -0.3 is 15.2 Å². The van der Waals surface area contributed by atoms with Crippen LogP contribution >= 0.6 is 0 Å². The summed E-state index contributed by atoms with van der Waals surface area (Å²) in [5.41, 5.74) is -0.191. The Morgan fingerprint density at radius 2 is 2.22 bits per heavy atom. The number of carboxylic acids is 1. The van der Waals surface area contributed by atoms with Gasteiger partial charge in [-0.3, -0.25) is 0 Å². The topological polar surface area (TPSA) is 88.5 Å². The number of aliphatic carboxylic acids is 1. The zero-order valence-corrected chi connectivity index (χ0v) is 9.97. The second-order valence-corrected chi connectivity index (χ2v) is 4.29. The van der Waals surface area contributed by atoms with Crippen LogP contribution in [0.4, 0.5) is 5.69 Å². The lowest BCUT2D eigenvalue weighted by Gasteiger charge is -2.39. The molecular formula is C12H14N2O4. The van der Waals surface area contributed by atoms with Crippen LogP contribution < -0.4 is 5.32 Å². The summed E-state index contributed by atoms with van der Waals surface area (Å²) >= 11 is 0. The van der Waals surface area contributed by atoms with E-state index in [1.807, 2.05) is 0 Å². The molecule has 0 aromatic carbocycles. The molecule has 1 fully saturated rings. The SMILES string of the molecule is COC(=O)c1cc(NC2(C(=O)O)CCC2)ccn1. The highest BCUT2D eigenvalue weighted by Crippen LogP contribution is 2.35. The van der Waals surface area contributed by atoms with Gasteiger partial charge in [-0.05, 0) is 31.4 Å². The number of hydrogen-bond acceptors (Lipinski definition) is 5. The number of esters is 1. The molecule has 96 valence electrons. The molecule has 1 aromatic heterocycles. The molecule has 2 N–H and O–H groups in total. The fourth-order valence-electron chi connectivity index (χ4n) is 1.92. The standard InChI is InChI=1S/C12H14N2O4/c1-18-10(15)9-7-8(3-6-13-9)14-12(11(16)17)4-2-5-12/h3,6-7H,2,4-5H2,1H3,(H,13,14)(H,16,17). The van der Waals surface area contributed by atoms with E-state index < -0.39 is 17.5 Å². The van der Waals surface area contributed by atoms with E-state index in [0.29, 0.717) is 18.5 Å². The smallest absolute Gasteiger partial charge is 0.356 e. The number of carbonyl (C=O) groups excluding carboxylic acids is 1. The van der Waals surface area contributed by atoms with Crippen molar-refractivity contribution in [3.63, 3.8) is 0 Å². The van der Waals surface area contributed by atoms with Crippen molar-refractivity contribution in [2.75, 3.05) is 12.4 Å². The molecule has 2 rings (SSSR count). The molecule has 6 heteroatoms. The van der Waals surface area contributed by atoms with Crippen molar-refractivity contribution in [3.8, 4) is 0 Å². The minimum Gasteiger partial charge on any atom is -0.480 e. The fourth-order valence-corrected chi connectivity index (χ4v) is 1.92. The molecule has 1 heterocycles. The highest BCUT2D eigenvalue weighted by atomic mass is 16.5. The van der Waals surface area contributed by atoms with Gasteiger partial charge in [0.25, 0.3) is 0 Å². The molecule has 0 radical (unpaired) electrons. The van der Waals surface area contributed by atoms with Crippen molar-refractivity contribution in [2.24, 2.45) is 0 Å². The molecule has 0 saturated heterocycles. The first-order chi connectivity index (χ1) is 8.57. The summed E-state index contributed by atoms with van der Waals surface area (Å²) in [4.78, 5) is 26.4. The Labute approximate surface area is 104 Å². The number of pyridine rings is 1. The van der Waals surface area contributed by atoms with Crippen LogP contribution in [0.5, 0.6) is 0 Å². The number of nitrogens with zero attached hydrogens (tertiary/aromatic N) is 1. The van der Waals surface area contributed by atoms with Gasteiger partial charge >= 0.3 is 11.9 Å². The van der Waals surface area contributed by atoms with Gasteiger partial charge in [-0.2, -0.15) is 0 Å². The van der Waals surface area contributed by atoms with Crippen LogP contribution in [0.3, 0.4) is 0 Å². The lowest BCUT2D eigenvalue weighted by molar-refractivity contribution is -0.145. The van der Waals surface area contributed by atoms with Crippen molar-refractivity contribution in [1.29, 1.82) is 0 Å². The maximum Gasteiger partial charge on any atom is 0.356 e. The van der Waals surface area contributed by atoms with E-state index in [0.717, 1.165) is 6.42 Å². The van der Waals surface area contributed by atoms with Crippen molar-refractivity contribution in [3.05, 3.63) is 24.0 Å². The lowest BCUT2D eigenvalue weighted by Crippen LogP contribution is -2.52. The minimum absolute atomic E-state index is 0.155. The van der Waals surface area contributed by atoms with Gasteiger partial charge in [0.15, 0.2) is 0 Å². The molecular weight excluding hydrogens is 236 g/mol. The Morgan fingerprint density at radius 3 is 2.72 bits per heavy atom. The Hall–Kier alpha value is -2.11. The lowest BCUT2D eigenvalue weighted by atomic mass is 9.76.